The lowest BCUT2D eigenvalue weighted by atomic mass is 10.0. The van der Waals surface area contributed by atoms with Gasteiger partial charge >= 0.3 is 12.1 Å². The Morgan fingerprint density at radius 3 is 2.20 bits per heavy atom. The van der Waals surface area contributed by atoms with Gasteiger partial charge in [0.2, 0.25) is 0 Å². The monoisotopic (exact) mass is 538 g/mol. The van der Waals surface area contributed by atoms with E-state index in [0.717, 1.165) is 11.1 Å². The summed E-state index contributed by atoms with van der Waals surface area (Å²) in [5.74, 6) is -1.59. The second kappa shape index (κ2) is 13.1. The first-order chi connectivity index (χ1) is 19.3. The van der Waals surface area contributed by atoms with Crippen LogP contribution in [0, 0.1) is 6.92 Å². The molecule has 9 nitrogen and oxygen atoms in total. The number of hydrogen-bond acceptors (Lipinski definition) is 6. The number of carbonyl (C=O) groups excluding carboxylic acids is 2. The molecule has 1 aromatic heterocycles. The third kappa shape index (κ3) is 7.28. The van der Waals surface area contributed by atoms with E-state index < -0.39 is 30.1 Å². The summed E-state index contributed by atoms with van der Waals surface area (Å²) in [6.45, 7) is 3.52. The number of aryl methyl sites for hydroxylation is 2. The van der Waals surface area contributed by atoms with Crippen LogP contribution in [0.4, 0.5) is 10.5 Å². The van der Waals surface area contributed by atoms with E-state index in [2.05, 4.69) is 20.6 Å². The summed E-state index contributed by atoms with van der Waals surface area (Å²) in [6, 6.07) is 24.4. The Morgan fingerprint density at radius 1 is 0.900 bits per heavy atom. The zero-order valence-corrected chi connectivity index (χ0v) is 22.2. The molecule has 204 valence electrons. The minimum Gasteiger partial charge on any atom is -0.480 e. The summed E-state index contributed by atoms with van der Waals surface area (Å²) in [4.78, 5) is 45.8. The number of carboxylic acid groups (broad SMARTS) is 1. The van der Waals surface area contributed by atoms with Gasteiger partial charge < -0.3 is 15.2 Å². The van der Waals surface area contributed by atoms with Gasteiger partial charge in [0.15, 0.2) is 0 Å². The third-order valence-corrected chi connectivity index (χ3v) is 6.41. The maximum Gasteiger partial charge on any atom is 0.412 e. The molecule has 0 saturated carbocycles. The van der Waals surface area contributed by atoms with Crippen molar-refractivity contribution in [3.8, 4) is 11.3 Å². The third-order valence-electron chi connectivity index (χ3n) is 6.41. The van der Waals surface area contributed by atoms with Crippen LogP contribution in [0.3, 0.4) is 0 Å². The highest BCUT2D eigenvalue weighted by molar-refractivity contribution is 5.97. The Labute approximate surface area is 232 Å². The number of benzene rings is 3. The minimum atomic E-state index is -1.10. The number of anilines is 1. The molecule has 2 atom stereocenters. The Hall–Kier alpha value is -5.05. The molecule has 2 unspecified atom stereocenters. The van der Waals surface area contributed by atoms with Crippen molar-refractivity contribution >= 4 is 23.7 Å². The number of amides is 2. The Bertz CT molecular complexity index is 1460. The van der Waals surface area contributed by atoms with Crippen LogP contribution in [-0.2, 0) is 16.0 Å². The molecule has 0 spiro atoms. The summed E-state index contributed by atoms with van der Waals surface area (Å²) < 4.78 is 5.53. The maximum absolute atomic E-state index is 12.8. The predicted octanol–water partition coefficient (Wildman–Crippen LogP) is 5.58. The van der Waals surface area contributed by atoms with Crippen molar-refractivity contribution < 1.29 is 24.2 Å². The van der Waals surface area contributed by atoms with Crippen molar-refractivity contribution in [2.24, 2.45) is 0 Å². The summed E-state index contributed by atoms with van der Waals surface area (Å²) in [5.41, 5.74) is 4.16. The lowest BCUT2D eigenvalue weighted by Crippen LogP contribution is -2.41. The standard InChI is InChI=1S/C31H30N4O5/c1-20-27(35-31(39)40-21(2)23-11-7-4-8-12-23)28(33-19-32-20)24-14-16-25(17-15-24)29(36)34-26(30(37)38)18-13-22-9-5-3-6-10-22/h3-12,14-17,19,21,26H,13,18H2,1-2H3,(H,34,36)(H,35,39)(H,37,38). The number of nitrogens with one attached hydrogen (secondary N) is 2. The van der Waals surface area contributed by atoms with Crippen LogP contribution < -0.4 is 10.6 Å². The van der Waals surface area contributed by atoms with Gasteiger partial charge in [-0.15, -0.1) is 0 Å². The molecule has 4 rings (SSSR count). The van der Waals surface area contributed by atoms with Crippen molar-refractivity contribution in [2.45, 2.75) is 38.8 Å². The van der Waals surface area contributed by atoms with Gasteiger partial charge in [-0.2, -0.15) is 0 Å². The number of nitrogens with zero attached hydrogens (tertiary/aromatic N) is 2. The van der Waals surface area contributed by atoms with Crippen LogP contribution in [0.5, 0.6) is 0 Å². The van der Waals surface area contributed by atoms with Crippen molar-refractivity contribution in [3.63, 3.8) is 0 Å². The number of aromatic nitrogens is 2. The average molecular weight is 539 g/mol. The average Bonchev–Trinajstić information content (AvgIpc) is 2.97. The van der Waals surface area contributed by atoms with E-state index >= 15 is 0 Å². The van der Waals surface area contributed by atoms with E-state index in [1.165, 1.54) is 6.33 Å². The summed E-state index contributed by atoms with van der Waals surface area (Å²) in [6.07, 6.45) is 1.05. The molecule has 0 aliphatic carbocycles. The van der Waals surface area contributed by atoms with Gasteiger partial charge in [0.1, 0.15) is 18.5 Å². The smallest absolute Gasteiger partial charge is 0.412 e. The largest absolute Gasteiger partial charge is 0.480 e. The Morgan fingerprint density at radius 2 is 1.55 bits per heavy atom. The number of carboxylic acids is 1. The number of aliphatic carboxylic acids is 1. The molecular formula is C31H30N4O5. The van der Waals surface area contributed by atoms with Gasteiger partial charge in [-0.05, 0) is 49.9 Å². The molecular weight excluding hydrogens is 508 g/mol. The van der Waals surface area contributed by atoms with E-state index in [4.69, 9.17) is 4.74 Å². The van der Waals surface area contributed by atoms with Gasteiger partial charge in [0.05, 0.1) is 17.1 Å². The van der Waals surface area contributed by atoms with Gasteiger partial charge in [-0.3, -0.25) is 10.1 Å². The van der Waals surface area contributed by atoms with Crippen molar-refractivity contribution in [3.05, 3.63) is 114 Å². The molecule has 0 saturated heterocycles. The topological polar surface area (TPSA) is 131 Å². The fourth-order valence-corrected chi connectivity index (χ4v) is 4.16. The molecule has 1 heterocycles. The number of carbonyl (C=O) groups is 3. The lowest BCUT2D eigenvalue weighted by molar-refractivity contribution is -0.139. The normalized spacial score (nSPS) is 12.2. The van der Waals surface area contributed by atoms with E-state index in [1.807, 2.05) is 60.7 Å². The van der Waals surface area contributed by atoms with E-state index in [0.29, 0.717) is 34.6 Å². The fourth-order valence-electron chi connectivity index (χ4n) is 4.16. The van der Waals surface area contributed by atoms with E-state index in [9.17, 15) is 19.5 Å². The highest BCUT2D eigenvalue weighted by Crippen LogP contribution is 2.28. The quantitative estimate of drug-likeness (QED) is 0.240. The lowest BCUT2D eigenvalue weighted by Gasteiger charge is -2.17. The van der Waals surface area contributed by atoms with Crippen molar-refractivity contribution in [1.82, 2.24) is 15.3 Å². The molecule has 2 amide bonds. The van der Waals surface area contributed by atoms with Crippen LogP contribution >= 0.6 is 0 Å². The van der Waals surface area contributed by atoms with Crippen LogP contribution in [0.2, 0.25) is 0 Å². The highest BCUT2D eigenvalue weighted by Gasteiger charge is 2.21. The maximum atomic E-state index is 12.8. The van der Waals surface area contributed by atoms with Crippen LogP contribution in [0.15, 0.2) is 91.3 Å². The van der Waals surface area contributed by atoms with Crippen molar-refractivity contribution in [1.29, 1.82) is 0 Å². The summed E-state index contributed by atoms with van der Waals surface area (Å²) >= 11 is 0. The van der Waals surface area contributed by atoms with Crippen molar-refractivity contribution in [2.75, 3.05) is 5.32 Å². The van der Waals surface area contributed by atoms with Crippen LogP contribution in [-0.4, -0.2) is 39.1 Å². The first kappa shape index (κ1) is 28.0. The molecule has 3 aromatic carbocycles. The highest BCUT2D eigenvalue weighted by atomic mass is 16.6. The predicted molar refractivity (Wildman–Crippen MR) is 151 cm³/mol. The SMILES string of the molecule is Cc1ncnc(-c2ccc(C(=O)NC(CCc3ccccc3)C(=O)O)cc2)c1NC(=O)OC(C)c1ccccc1. The zero-order valence-electron chi connectivity index (χ0n) is 22.2. The Balaban J connectivity index is 1.44. The van der Waals surface area contributed by atoms with Gasteiger partial charge in [0, 0.05) is 11.1 Å². The molecule has 0 fully saturated rings. The number of ether oxygens (including phenoxy) is 1. The van der Waals surface area contributed by atoms with Gasteiger partial charge in [0.25, 0.3) is 5.91 Å². The molecule has 0 aliphatic heterocycles. The zero-order chi connectivity index (χ0) is 28.5. The number of rotatable bonds is 10. The second-order valence-corrected chi connectivity index (χ2v) is 9.23. The summed E-state index contributed by atoms with van der Waals surface area (Å²) in [7, 11) is 0. The minimum absolute atomic E-state index is 0.261. The van der Waals surface area contributed by atoms with Crippen LogP contribution in [0.25, 0.3) is 11.3 Å². The first-order valence-electron chi connectivity index (χ1n) is 12.8. The fraction of sp³-hybridized carbons (Fsp3) is 0.194. The second-order valence-electron chi connectivity index (χ2n) is 9.23. The molecule has 4 aromatic rings. The molecule has 0 bridgehead atoms. The van der Waals surface area contributed by atoms with Gasteiger partial charge in [-0.25, -0.2) is 19.6 Å². The summed E-state index contributed by atoms with van der Waals surface area (Å²) in [5, 5.41) is 15.0. The molecule has 9 heteroatoms. The molecule has 40 heavy (non-hydrogen) atoms. The van der Waals surface area contributed by atoms with Gasteiger partial charge in [-0.1, -0.05) is 72.8 Å². The van der Waals surface area contributed by atoms with E-state index in [-0.39, 0.29) is 6.42 Å². The number of hydrogen-bond donors (Lipinski definition) is 3. The molecule has 0 radical (unpaired) electrons. The molecule has 3 N–H and O–H groups in total. The molecule has 0 aliphatic rings. The first-order valence-corrected chi connectivity index (χ1v) is 12.8. The van der Waals surface area contributed by atoms with Crippen LogP contribution in [0.1, 0.15) is 46.6 Å². The van der Waals surface area contributed by atoms with E-state index in [1.54, 1.807) is 38.1 Å². The Kier molecular flexibility index (Phi) is 9.19.